The molecule has 1 atom stereocenters. The molecular formula is C16H19F2NO3S. The number of sulfone groups is 1. The molecule has 0 unspecified atom stereocenters. The van der Waals surface area contributed by atoms with Crippen molar-refractivity contribution in [1.29, 1.82) is 0 Å². The number of rotatable bonds is 1. The quantitative estimate of drug-likeness (QED) is 0.788. The molecule has 1 aliphatic heterocycles. The molecule has 7 heteroatoms. The molecule has 3 rings (SSSR count). The number of fused-ring (bicyclic) bond motifs is 1. The van der Waals surface area contributed by atoms with Crippen molar-refractivity contribution in [2.75, 3.05) is 12.3 Å². The van der Waals surface area contributed by atoms with Crippen LogP contribution < -0.4 is 0 Å². The first-order valence-corrected chi connectivity index (χ1v) is 9.41. The third kappa shape index (κ3) is 3.39. The summed E-state index contributed by atoms with van der Waals surface area (Å²) in [6.45, 7) is 0.216. The minimum Gasteiger partial charge on any atom is -0.337 e. The lowest BCUT2D eigenvalue weighted by Gasteiger charge is -2.32. The third-order valence-corrected chi connectivity index (χ3v) is 6.39. The summed E-state index contributed by atoms with van der Waals surface area (Å²) < 4.78 is 51.7. The van der Waals surface area contributed by atoms with Crippen molar-refractivity contribution < 1.29 is 22.0 Å². The Morgan fingerprint density at radius 2 is 2.00 bits per heavy atom. The van der Waals surface area contributed by atoms with Crippen molar-refractivity contribution in [3.05, 3.63) is 29.8 Å². The molecular weight excluding hydrogens is 324 g/mol. The Labute approximate surface area is 134 Å². The third-order valence-electron chi connectivity index (χ3n) is 4.60. The van der Waals surface area contributed by atoms with Crippen LogP contribution in [0.1, 0.15) is 31.2 Å². The number of benzene rings is 1. The zero-order chi connectivity index (χ0) is 16.7. The fourth-order valence-electron chi connectivity index (χ4n) is 3.39. The van der Waals surface area contributed by atoms with E-state index in [1.807, 2.05) is 0 Å². The Morgan fingerprint density at radius 1 is 1.26 bits per heavy atom. The van der Waals surface area contributed by atoms with Crippen molar-refractivity contribution in [3.63, 3.8) is 0 Å². The maximum atomic E-state index is 13.6. The first kappa shape index (κ1) is 16.4. The summed E-state index contributed by atoms with van der Waals surface area (Å²) in [4.78, 5) is 14.3. The van der Waals surface area contributed by atoms with E-state index in [9.17, 15) is 22.0 Å². The fraction of sp³-hybridized carbons (Fsp3) is 0.562. The van der Waals surface area contributed by atoms with Gasteiger partial charge in [0.25, 0.3) is 0 Å². The second-order valence-corrected chi connectivity index (χ2v) is 8.41. The standard InChI is InChI=1S/C16H19F2NO3S/c17-16(18)7-3-5-12(10-16)15(20)19-8-9-23(21,22)14-6-2-1-4-13(14)11-19/h1-2,4,6,12H,3,5,7-11H2/t12-/m0/s1. The predicted molar refractivity (Wildman–Crippen MR) is 80.8 cm³/mol. The van der Waals surface area contributed by atoms with Gasteiger partial charge < -0.3 is 4.90 Å². The van der Waals surface area contributed by atoms with Gasteiger partial charge in [-0.05, 0) is 24.5 Å². The van der Waals surface area contributed by atoms with Gasteiger partial charge in [0, 0.05) is 31.8 Å². The monoisotopic (exact) mass is 343 g/mol. The van der Waals surface area contributed by atoms with E-state index in [1.54, 1.807) is 18.2 Å². The minimum atomic E-state index is -3.44. The smallest absolute Gasteiger partial charge is 0.248 e. The molecule has 1 aromatic rings. The SMILES string of the molecule is O=C([C@H]1CCCC(F)(F)C1)N1CCS(=O)(=O)c2ccccc2C1. The largest absolute Gasteiger partial charge is 0.337 e. The Morgan fingerprint density at radius 3 is 2.74 bits per heavy atom. The first-order chi connectivity index (χ1) is 10.8. The Kier molecular flexibility index (Phi) is 4.16. The summed E-state index contributed by atoms with van der Waals surface area (Å²) in [6, 6.07) is 6.58. The van der Waals surface area contributed by atoms with E-state index < -0.39 is 28.1 Å². The fourth-order valence-corrected chi connectivity index (χ4v) is 4.89. The molecule has 2 aliphatic rings. The molecule has 0 bridgehead atoms. The molecule has 0 N–H and O–H groups in total. The lowest BCUT2D eigenvalue weighted by Crippen LogP contribution is -2.41. The normalized spacial score (nSPS) is 26.2. The number of halogens is 2. The summed E-state index contributed by atoms with van der Waals surface area (Å²) in [6.07, 6.45) is 0.163. The van der Waals surface area contributed by atoms with E-state index >= 15 is 0 Å². The van der Waals surface area contributed by atoms with Crippen molar-refractivity contribution in [1.82, 2.24) is 4.90 Å². The maximum Gasteiger partial charge on any atom is 0.248 e. The van der Waals surface area contributed by atoms with Crippen LogP contribution in [0.2, 0.25) is 0 Å². The van der Waals surface area contributed by atoms with Gasteiger partial charge in [-0.25, -0.2) is 17.2 Å². The van der Waals surface area contributed by atoms with Gasteiger partial charge in [-0.15, -0.1) is 0 Å². The van der Waals surface area contributed by atoms with Gasteiger partial charge in [0.05, 0.1) is 10.6 Å². The summed E-state index contributed by atoms with van der Waals surface area (Å²) in [5, 5.41) is 0. The summed E-state index contributed by atoms with van der Waals surface area (Å²) >= 11 is 0. The molecule has 23 heavy (non-hydrogen) atoms. The van der Waals surface area contributed by atoms with Gasteiger partial charge in [-0.2, -0.15) is 0 Å². The predicted octanol–water partition coefficient (Wildman–Crippen LogP) is 2.63. The highest BCUT2D eigenvalue weighted by molar-refractivity contribution is 7.91. The van der Waals surface area contributed by atoms with E-state index in [2.05, 4.69) is 0 Å². The van der Waals surface area contributed by atoms with Crippen LogP contribution in [0.25, 0.3) is 0 Å². The first-order valence-electron chi connectivity index (χ1n) is 7.76. The zero-order valence-corrected chi connectivity index (χ0v) is 13.5. The molecule has 0 radical (unpaired) electrons. The van der Waals surface area contributed by atoms with E-state index in [-0.39, 0.29) is 36.1 Å². The van der Waals surface area contributed by atoms with E-state index in [0.717, 1.165) is 0 Å². The van der Waals surface area contributed by atoms with E-state index in [4.69, 9.17) is 0 Å². The highest BCUT2D eigenvalue weighted by Gasteiger charge is 2.41. The number of alkyl halides is 2. The van der Waals surface area contributed by atoms with Gasteiger partial charge in [-0.3, -0.25) is 4.79 Å². The molecule has 1 aliphatic carbocycles. The molecule has 0 spiro atoms. The Bertz CT molecular complexity index is 718. The topological polar surface area (TPSA) is 54.5 Å². The van der Waals surface area contributed by atoms with Crippen LogP contribution in [0.5, 0.6) is 0 Å². The Hall–Kier alpha value is -1.50. The van der Waals surface area contributed by atoms with Gasteiger partial charge in [0.15, 0.2) is 9.84 Å². The van der Waals surface area contributed by atoms with Gasteiger partial charge in [0.2, 0.25) is 11.8 Å². The number of amides is 1. The van der Waals surface area contributed by atoms with Crippen molar-refractivity contribution >= 4 is 15.7 Å². The molecule has 1 amide bonds. The number of hydrogen-bond donors (Lipinski definition) is 0. The number of nitrogens with zero attached hydrogens (tertiary/aromatic N) is 1. The second-order valence-electron chi connectivity index (χ2n) is 6.34. The highest BCUT2D eigenvalue weighted by atomic mass is 32.2. The van der Waals surface area contributed by atoms with Gasteiger partial charge >= 0.3 is 0 Å². The molecule has 1 aromatic carbocycles. The minimum absolute atomic E-state index is 0.0535. The summed E-state index contributed by atoms with van der Waals surface area (Å²) in [7, 11) is -3.44. The van der Waals surface area contributed by atoms with Crippen LogP contribution in [-0.4, -0.2) is 37.4 Å². The van der Waals surface area contributed by atoms with E-state index in [1.165, 1.54) is 11.0 Å². The van der Waals surface area contributed by atoms with Crippen LogP contribution >= 0.6 is 0 Å². The zero-order valence-electron chi connectivity index (χ0n) is 12.7. The van der Waals surface area contributed by atoms with Crippen LogP contribution in [0.3, 0.4) is 0 Å². The molecule has 126 valence electrons. The molecule has 0 aromatic heterocycles. The van der Waals surface area contributed by atoms with Crippen LogP contribution in [0.15, 0.2) is 29.2 Å². The Balaban J connectivity index is 1.84. The van der Waals surface area contributed by atoms with Crippen molar-refractivity contribution in [2.45, 2.75) is 43.0 Å². The maximum absolute atomic E-state index is 13.6. The lowest BCUT2D eigenvalue weighted by atomic mass is 9.85. The molecule has 0 saturated heterocycles. The van der Waals surface area contributed by atoms with Crippen LogP contribution in [0, 0.1) is 5.92 Å². The number of carbonyl (C=O) groups excluding carboxylic acids is 1. The second kappa shape index (κ2) is 5.85. The van der Waals surface area contributed by atoms with Crippen LogP contribution in [0.4, 0.5) is 8.78 Å². The van der Waals surface area contributed by atoms with Crippen molar-refractivity contribution in [3.8, 4) is 0 Å². The summed E-state index contributed by atoms with van der Waals surface area (Å²) in [5.74, 6) is -4.03. The van der Waals surface area contributed by atoms with Crippen molar-refractivity contribution in [2.24, 2.45) is 5.92 Å². The van der Waals surface area contributed by atoms with Gasteiger partial charge in [-0.1, -0.05) is 18.2 Å². The molecule has 4 nitrogen and oxygen atoms in total. The number of carbonyl (C=O) groups is 1. The average Bonchev–Trinajstić information content (AvgIpc) is 2.62. The van der Waals surface area contributed by atoms with Crippen LogP contribution in [-0.2, 0) is 21.2 Å². The highest BCUT2D eigenvalue weighted by Crippen LogP contribution is 2.38. The molecule has 1 fully saturated rings. The molecule has 1 saturated carbocycles. The number of hydrogen-bond acceptors (Lipinski definition) is 3. The van der Waals surface area contributed by atoms with E-state index in [0.29, 0.717) is 18.4 Å². The average molecular weight is 343 g/mol. The van der Waals surface area contributed by atoms with Gasteiger partial charge in [0.1, 0.15) is 0 Å². The summed E-state index contributed by atoms with van der Waals surface area (Å²) in [5.41, 5.74) is 0.556. The lowest BCUT2D eigenvalue weighted by molar-refractivity contribution is -0.143. The molecule has 1 heterocycles.